The third kappa shape index (κ3) is 3.61. The largest absolute Gasteiger partial charge is 0.329 e. The molecular weight excluding hydrogens is 376 g/mol. The minimum atomic E-state index is -0.229. The first-order chi connectivity index (χ1) is 13.1. The fraction of sp³-hybridized carbons (Fsp3) is 0.136. The van der Waals surface area contributed by atoms with Crippen LogP contribution in [-0.2, 0) is 0 Å². The number of carbonyl (C=O) groups is 1. The van der Waals surface area contributed by atoms with Crippen molar-refractivity contribution in [2.75, 3.05) is 4.90 Å². The van der Waals surface area contributed by atoms with Crippen molar-refractivity contribution in [2.24, 2.45) is 0 Å². The number of ketones is 1. The molecule has 5 heteroatoms. The van der Waals surface area contributed by atoms with Gasteiger partial charge in [-0.3, -0.25) is 4.79 Å². The van der Waals surface area contributed by atoms with Gasteiger partial charge in [-0.25, -0.2) is 0 Å². The molecule has 3 N–H and O–H groups in total. The molecule has 0 saturated carbocycles. The summed E-state index contributed by atoms with van der Waals surface area (Å²) in [4.78, 5) is 15.5. The molecule has 1 saturated heterocycles. The number of thioether (sulfide) groups is 1. The molecule has 1 fully saturated rings. The van der Waals surface area contributed by atoms with Crippen LogP contribution in [0, 0.1) is 0 Å². The molecule has 1 heterocycles. The average molecular weight is 396 g/mol. The third-order valence-corrected chi connectivity index (χ3v) is 6.34. The molecule has 1 unspecified atom stereocenters. The van der Waals surface area contributed by atoms with Crippen LogP contribution in [-0.4, -0.2) is 16.5 Å². The van der Waals surface area contributed by atoms with Crippen LogP contribution in [0.15, 0.2) is 84.9 Å². The van der Waals surface area contributed by atoms with Gasteiger partial charge in [0.2, 0.25) is 5.50 Å². The molecule has 0 aliphatic carbocycles. The Kier molecular flexibility index (Phi) is 5.21. The van der Waals surface area contributed by atoms with E-state index in [0.29, 0.717) is 5.02 Å². The van der Waals surface area contributed by atoms with Gasteiger partial charge >= 0.3 is 0 Å². The van der Waals surface area contributed by atoms with Crippen molar-refractivity contribution in [3.8, 4) is 0 Å². The monoisotopic (exact) mass is 395 g/mol. The topological polar surface area (TPSA) is 48.0 Å². The average Bonchev–Trinajstić information content (AvgIpc) is 3.06. The maximum Gasteiger partial charge on any atom is 0.210 e. The maximum absolute atomic E-state index is 13.3. The zero-order valence-electron chi connectivity index (χ0n) is 14.7. The molecule has 1 aliphatic heterocycles. The molecule has 1 aliphatic rings. The summed E-state index contributed by atoms with van der Waals surface area (Å²) in [5, 5.41) is 0.465. The van der Waals surface area contributed by atoms with Gasteiger partial charge in [0, 0.05) is 16.3 Å². The predicted octanol–water partition coefficient (Wildman–Crippen LogP) is 4.41. The van der Waals surface area contributed by atoms with Crippen LogP contribution in [0.1, 0.15) is 22.0 Å². The van der Waals surface area contributed by atoms with E-state index in [-0.39, 0.29) is 22.6 Å². The number of hydrogen-bond acceptors (Lipinski definition) is 3. The van der Waals surface area contributed by atoms with E-state index < -0.39 is 0 Å². The van der Waals surface area contributed by atoms with Crippen molar-refractivity contribution < 1.29 is 10.5 Å². The molecular formula is C22H20ClN2OS+. The summed E-state index contributed by atoms with van der Waals surface area (Å²) in [6.07, 6.45) is 0. The van der Waals surface area contributed by atoms with Crippen LogP contribution in [0.2, 0.25) is 5.02 Å². The molecule has 0 bridgehead atoms. The van der Waals surface area contributed by atoms with Crippen molar-refractivity contribution in [3.63, 3.8) is 0 Å². The second-order valence-corrected chi connectivity index (χ2v) is 8.24. The summed E-state index contributed by atoms with van der Waals surface area (Å²) >= 11 is 7.68. The van der Waals surface area contributed by atoms with Gasteiger partial charge in [0.25, 0.3) is 0 Å². The number of halogens is 1. The Hall–Kier alpha value is -2.27. The summed E-state index contributed by atoms with van der Waals surface area (Å²) < 4.78 is 0. The van der Waals surface area contributed by atoms with Crippen LogP contribution in [0.25, 0.3) is 0 Å². The molecule has 27 heavy (non-hydrogen) atoms. The van der Waals surface area contributed by atoms with Crippen LogP contribution < -0.4 is 10.6 Å². The Bertz CT molecular complexity index is 918. The van der Waals surface area contributed by atoms with E-state index in [1.165, 1.54) is 0 Å². The number of hydrogen-bond donors (Lipinski definition) is 1. The van der Waals surface area contributed by atoms with Crippen LogP contribution in [0.3, 0.4) is 0 Å². The van der Waals surface area contributed by atoms with Crippen LogP contribution >= 0.6 is 23.4 Å². The van der Waals surface area contributed by atoms with Crippen molar-refractivity contribution in [1.82, 2.24) is 0 Å². The molecule has 4 rings (SSSR count). The molecule has 3 atom stereocenters. The molecule has 0 amide bonds. The van der Waals surface area contributed by atoms with Gasteiger partial charge in [-0.05, 0) is 29.8 Å². The smallest absolute Gasteiger partial charge is 0.210 e. The highest BCUT2D eigenvalue weighted by molar-refractivity contribution is 8.01. The number of quaternary nitrogens is 1. The van der Waals surface area contributed by atoms with E-state index in [1.807, 2.05) is 72.8 Å². The lowest BCUT2D eigenvalue weighted by Crippen LogP contribution is -2.65. The first-order valence-corrected chi connectivity index (χ1v) is 10.1. The van der Waals surface area contributed by atoms with Crippen molar-refractivity contribution >= 4 is 34.8 Å². The second-order valence-electron chi connectivity index (χ2n) is 6.48. The molecule has 0 aromatic heterocycles. The number of Topliss-reactive ketones (excluding diaryl/α,β-unsaturated/α-hetero) is 1. The normalized spacial score (nSPS) is 22.0. The standard InChI is InChI=1S/C22H19ClN2OS/c23-17-11-13-18(14-12-17)25-19(15-7-3-1-4-8-15)21(27-22(25)24)20(26)16-9-5-2-6-10-16/h1-14,19,21-22H,24H2/p+1/t19-,21+,22?/m0/s1. The highest BCUT2D eigenvalue weighted by Crippen LogP contribution is 2.46. The van der Waals surface area contributed by atoms with Crippen molar-refractivity contribution in [1.29, 1.82) is 0 Å². The lowest BCUT2D eigenvalue weighted by molar-refractivity contribution is -0.384. The zero-order chi connectivity index (χ0) is 18.8. The van der Waals surface area contributed by atoms with Crippen molar-refractivity contribution in [2.45, 2.75) is 16.8 Å². The summed E-state index contributed by atoms with van der Waals surface area (Å²) in [6.45, 7) is 0. The van der Waals surface area contributed by atoms with E-state index in [9.17, 15) is 4.79 Å². The van der Waals surface area contributed by atoms with Gasteiger partial charge in [0.1, 0.15) is 5.25 Å². The quantitative estimate of drug-likeness (QED) is 0.665. The van der Waals surface area contributed by atoms with Crippen LogP contribution in [0.5, 0.6) is 0 Å². The van der Waals surface area contributed by atoms with E-state index in [0.717, 1.165) is 16.8 Å². The van der Waals surface area contributed by atoms with E-state index in [4.69, 9.17) is 11.6 Å². The van der Waals surface area contributed by atoms with Gasteiger partial charge in [-0.15, -0.1) is 0 Å². The SMILES string of the molecule is [NH3+]C1S[C@@H](C(=O)c2ccccc2)[C@H](c2ccccc2)N1c1ccc(Cl)cc1. The Morgan fingerprint density at radius 2 is 1.48 bits per heavy atom. The maximum atomic E-state index is 13.3. The fourth-order valence-corrected chi connectivity index (χ4v) is 5.08. The summed E-state index contributed by atoms with van der Waals surface area (Å²) in [5.74, 6) is 0.138. The fourth-order valence-electron chi connectivity index (χ4n) is 3.53. The Morgan fingerprint density at radius 3 is 2.11 bits per heavy atom. The lowest BCUT2D eigenvalue weighted by atomic mass is 9.96. The lowest BCUT2D eigenvalue weighted by Gasteiger charge is -2.29. The molecule has 3 aromatic carbocycles. The third-order valence-electron chi connectivity index (χ3n) is 4.78. The van der Waals surface area contributed by atoms with E-state index in [2.05, 4.69) is 22.8 Å². The minimum absolute atomic E-state index is 0.0750. The van der Waals surface area contributed by atoms with Gasteiger partial charge in [0.05, 0.1) is 6.04 Å². The Balaban J connectivity index is 1.77. The number of benzene rings is 3. The Morgan fingerprint density at radius 1 is 0.889 bits per heavy atom. The summed E-state index contributed by atoms with van der Waals surface area (Å²) in [7, 11) is 0. The zero-order valence-corrected chi connectivity index (χ0v) is 16.2. The number of carbonyl (C=O) groups excluding carboxylic acids is 1. The highest BCUT2D eigenvalue weighted by Gasteiger charge is 2.47. The highest BCUT2D eigenvalue weighted by atomic mass is 35.5. The first kappa shape index (κ1) is 18.1. The molecule has 0 radical (unpaired) electrons. The first-order valence-electron chi connectivity index (χ1n) is 8.82. The molecule has 136 valence electrons. The predicted molar refractivity (Wildman–Crippen MR) is 112 cm³/mol. The molecule has 3 aromatic rings. The van der Waals surface area contributed by atoms with Gasteiger partial charge in [0.15, 0.2) is 5.78 Å². The Labute approximate surface area is 168 Å². The number of nitrogens with zero attached hydrogens (tertiary/aromatic N) is 1. The summed E-state index contributed by atoms with van der Waals surface area (Å²) in [5.41, 5.74) is 7.11. The minimum Gasteiger partial charge on any atom is -0.329 e. The van der Waals surface area contributed by atoms with E-state index >= 15 is 0 Å². The van der Waals surface area contributed by atoms with Crippen LogP contribution in [0.4, 0.5) is 5.69 Å². The second kappa shape index (κ2) is 7.77. The van der Waals surface area contributed by atoms with Crippen molar-refractivity contribution in [3.05, 3.63) is 101 Å². The number of anilines is 1. The molecule has 0 spiro atoms. The summed E-state index contributed by atoms with van der Waals surface area (Å²) in [6, 6.07) is 27.3. The van der Waals surface area contributed by atoms with Gasteiger partial charge < -0.3 is 10.6 Å². The van der Waals surface area contributed by atoms with Gasteiger partial charge in [-0.1, -0.05) is 84.0 Å². The number of rotatable bonds is 4. The molecule has 3 nitrogen and oxygen atoms in total. The van der Waals surface area contributed by atoms with Gasteiger partial charge in [-0.2, -0.15) is 0 Å². The van der Waals surface area contributed by atoms with E-state index in [1.54, 1.807) is 11.8 Å².